The van der Waals surface area contributed by atoms with Crippen LogP contribution >= 0.6 is 0 Å². The smallest absolute Gasteiger partial charge is 0.234 e. The van der Waals surface area contributed by atoms with Crippen molar-refractivity contribution in [3.05, 3.63) is 65.2 Å². The lowest BCUT2D eigenvalue weighted by Gasteiger charge is -2.27. The number of amides is 1. The maximum atomic E-state index is 12.7. The van der Waals surface area contributed by atoms with Crippen LogP contribution < -0.4 is 10.1 Å². The zero-order valence-corrected chi connectivity index (χ0v) is 16.7. The van der Waals surface area contributed by atoms with Crippen LogP contribution in [0.3, 0.4) is 0 Å². The first-order valence-corrected chi connectivity index (χ1v) is 9.68. The number of nitrogens with zero attached hydrogens (tertiary/aromatic N) is 1. The Bertz CT molecular complexity index is 768. The molecule has 2 atom stereocenters. The van der Waals surface area contributed by atoms with Crippen LogP contribution in [0, 0.1) is 12.8 Å². The van der Waals surface area contributed by atoms with Crippen LogP contribution in [0.1, 0.15) is 48.5 Å². The third-order valence-electron chi connectivity index (χ3n) is 5.49. The van der Waals surface area contributed by atoms with Crippen LogP contribution in [0.5, 0.6) is 5.75 Å². The predicted molar refractivity (Wildman–Crippen MR) is 109 cm³/mol. The van der Waals surface area contributed by atoms with Crippen molar-refractivity contribution in [2.75, 3.05) is 20.7 Å². The number of likely N-dealkylation sites (N-methyl/N-ethyl adjacent to an activating group) is 1. The van der Waals surface area contributed by atoms with Crippen molar-refractivity contribution in [1.82, 2.24) is 10.2 Å². The number of carbonyl (C=O) groups excluding carboxylic acids is 1. The van der Waals surface area contributed by atoms with Gasteiger partial charge in [0, 0.05) is 11.6 Å². The number of aryl methyl sites for hydroxylation is 1. The van der Waals surface area contributed by atoms with Crippen LogP contribution in [-0.2, 0) is 4.79 Å². The monoisotopic (exact) mass is 366 g/mol. The Hall–Kier alpha value is -2.33. The average Bonchev–Trinajstić information content (AvgIpc) is 3.51. The minimum atomic E-state index is 0.0664. The van der Waals surface area contributed by atoms with E-state index >= 15 is 0 Å². The third-order valence-corrected chi connectivity index (χ3v) is 5.49. The molecule has 27 heavy (non-hydrogen) atoms. The van der Waals surface area contributed by atoms with Gasteiger partial charge in [0.15, 0.2) is 0 Å². The van der Waals surface area contributed by atoms with Gasteiger partial charge >= 0.3 is 0 Å². The number of rotatable bonds is 8. The van der Waals surface area contributed by atoms with Gasteiger partial charge in [-0.15, -0.1) is 0 Å². The molecule has 144 valence electrons. The number of para-hydroxylation sites is 1. The van der Waals surface area contributed by atoms with E-state index in [1.54, 1.807) is 7.11 Å². The first-order valence-electron chi connectivity index (χ1n) is 9.68. The van der Waals surface area contributed by atoms with Gasteiger partial charge in [-0.25, -0.2) is 0 Å². The highest BCUT2D eigenvalue weighted by atomic mass is 16.5. The lowest BCUT2D eigenvalue weighted by molar-refractivity contribution is -0.123. The molecule has 0 bridgehead atoms. The zero-order valence-electron chi connectivity index (χ0n) is 16.7. The van der Waals surface area contributed by atoms with Gasteiger partial charge in [0.25, 0.3) is 0 Å². The number of methoxy groups -OCH3 is 1. The minimum absolute atomic E-state index is 0.0664. The number of benzene rings is 2. The molecule has 1 saturated carbocycles. The van der Waals surface area contributed by atoms with E-state index < -0.39 is 0 Å². The van der Waals surface area contributed by atoms with Crippen molar-refractivity contribution in [2.24, 2.45) is 5.92 Å². The highest BCUT2D eigenvalue weighted by Crippen LogP contribution is 2.41. The fourth-order valence-electron chi connectivity index (χ4n) is 3.51. The lowest BCUT2D eigenvalue weighted by atomic mass is 10.0. The highest BCUT2D eigenvalue weighted by molar-refractivity contribution is 5.78. The van der Waals surface area contributed by atoms with Crippen molar-refractivity contribution in [2.45, 2.75) is 38.8 Å². The molecule has 1 aliphatic carbocycles. The fourth-order valence-corrected chi connectivity index (χ4v) is 3.51. The third kappa shape index (κ3) is 4.89. The Morgan fingerprint density at radius 3 is 2.48 bits per heavy atom. The second-order valence-corrected chi connectivity index (χ2v) is 7.63. The maximum Gasteiger partial charge on any atom is 0.234 e. The molecule has 4 heteroatoms. The van der Waals surface area contributed by atoms with Crippen molar-refractivity contribution in [1.29, 1.82) is 0 Å². The van der Waals surface area contributed by atoms with Crippen LogP contribution in [0.4, 0.5) is 0 Å². The van der Waals surface area contributed by atoms with Crippen LogP contribution in [0.25, 0.3) is 0 Å². The summed E-state index contributed by atoms with van der Waals surface area (Å²) in [5, 5.41) is 3.27. The number of ether oxygens (including phenoxy) is 1. The van der Waals surface area contributed by atoms with Gasteiger partial charge in [-0.05, 0) is 51.3 Å². The Kier molecular flexibility index (Phi) is 6.17. The van der Waals surface area contributed by atoms with E-state index in [4.69, 9.17) is 4.74 Å². The minimum Gasteiger partial charge on any atom is -0.496 e. The highest BCUT2D eigenvalue weighted by Gasteiger charge is 2.33. The van der Waals surface area contributed by atoms with Gasteiger partial charge in [-0.2, -0.15) is 0 Å². The first-order chi connectivity index (χ1) is 13.0. The van der Waals surface area contributed by atoms with E-state index in [0.717, 1.165) is 11.3 Å². The molecule has 1 N–H and O–H groups in total. The van der Waals surface area contributed by atoms with Crippen LogP contribution in [0.2, 0.25) is 0 Å². The lowest BCUT2D eigenvalue weighted by Crippen LogP contribution is -2.39. The number of nitrogens with one attached hydrogen (secondary N) is 1. The van der Waals surface area contributed by atoms with Crippen molar-refractivity contribution < 1.29 is 9.53 Å². The van der Waals surface area contributed by atoms with Gasteiger partial charge < -0.3 is 10.1 Å². The summed E-state index contributed by atoms with van der Waals surface area (Å²) in [6.07, 6.45) is 2.37. The van der Waals surface area contributed by atoms with E-state index in [0.29, 0.717) is 12.5 Å². The fraction of sp³-hybridized carbons (Fsp3) is 0.435. The summed E-state index contributed by atoms with van der Waals surface area (Å²) in [5.41, 5.74) is 3.54. The molecule has 1 aliphatic rings. The Morgan fingerprint density at radius 1 is 1.19 bits per heavy atom. The van der Waals surface area contributed by atoms with Gasteiger partial charge in [0.1, 0.15) is 5.75 Å². The molecule has 4 nitrogen and oxygen atoms in total. The predicted octanol–water partition coefficient (Wildman–Crippen LogP) is 4.26. The first kappa shape index (κ1) is 19.4. The Morgan fingerprint density at radius 2 is 1.85 bits per heavy atom. The second kappa shape index (κ2) is 8.57. The standard InChI is InChI=1S/C23H30N2O2/c1-16-9-11-18(12-10-16)23(19-13-14-19)24-22(26)15-25(3)17(2)20-7-5-6-8-21(20)27-4/h5-12,17,19,23H,13-15H2,1-4H3,(H,24,26). The SMILES string of the molecule is COc1ccccc1C(C)N(C)CC(=O)NC(c1ccc(C)cc1)C1CC1. The summed E-state index contributed by atoms with van der Waals surface area (Å²) in [4.78, 5) is 14.8. The summed E-state index contributed by atoms with van der Waals surface area (Å²) < 4.78 is 5.47. The van der Waals surface area contributed by atoms with Crippen molar-refractivity contribution in [3.63, 3.8) is 0 Å². The largest absolute Gasteiger partial charge is 0.496 e. The molecule has 2 aromatic carbocycles. The molecule has 0 radical (unpaired) electrons. The second-order valence-electron chi connectivity index (χ2n) is 7.63. The summed E-state index contributed by atoms with van der Waals surface area (Å²) in [6.45, 7) is 4.54. The zero-order chi connectivity index (χ0) is 19.4. The van der Waals surface area contributed by atoms with Gasteiger partial charge in [0.2, 0.25) is 5.91 Å². The summed E-state index contributed by atoms with van der Waals surface area (Å²) in [6, 6.07) is 16.7. The number of hydrogen-bond donors (Lipinski definition) is 1. The molecule has 1 amide bonds. The normalized spacial score (nSPS) is 16.0. The van der Waals surface area contributed by atoms with Gasteiger partial charge in [-0.1, -0.05) is 48.0 Å². The van der Waals surface area contributed by atoms with E-state index in [-0.39, 0.29) is 18.0 Å². The number of carbonyl (C=O) groups is 1. The molecule has 1 fully saturated rings. The molecule has 0 aromatic heterocycles. The van der Waals surface area contributed by atoms with Crippen LogP contribution in [0.15, 0.2) is 48.5 Å². The van der Waals surface area contributed by atoms with E-state index in [2.05, 4.69) is 54.4 Å². The van der Waals surface area contributed by atoms with Gasteiger partial charge in [0.05, 0.1) is 19.7 Å². The maximum absolute atomic E-state index is 12.7. The van der Waals surface area contributed by atoms with E-state index in [1.165, 1.54) is 24.0 Å². The Balaban J connectivity index is 1.64. The van der Waals surface area contributed by atoms with Crippen LogP contribution in [-0.4, -0.2) is 31.5 Å². The molecular formula is C23H30N2O2. The summed E-state index contributed by atoms with van der Waals surface area (Å²) in [7, 11) is 3.66. The molecule has 2 aromatic rings. The van der Waals surface area contributed by atoms with Gasteiger partial charge in [-0.3, -0.25) is 9.69 Å². The average molecular weight is 367 g/mol. The molecule has 0 spiro atoms. The number of hydrogen-bond acceptors (Lipinski definition) is 3. The summed E-state index contributed by atoms with van der Waals surface area (Å²) >= 11 is 0. The Labute approximate surface area is 162 Å². The van der Waals surface area contributed by atoms with E-state index in [1.807, 2.05) is 25.2 Å². The molecule has 0 aliphatic heterocycles. The van der Waals surface area contributed by atoms with E-state index in [9.17, 15) is 4.79 Å². The molecular weight excluding hydrogens is 336 g/mol. The molecule has 0 saturated heterocycles. The topological polar surface area (TPSA) is 41.6 Å². The molecule has 2 unspecified atom stereocenters. The molecule has 3 rings (SSSR count). The van der Waals surface area contributed by atoms with Crippen molar-refractivity contribution in [3.8, 4) is 5.75 Å². The quantitative estimate of drug-likeness (QED) is 0.759. The molecule has 0 heterocycles. The summed E-state index contributed by atoms with van der Waals surface area (Å²) in [5.74, 6) is 1.48. The van der Waals surface area contributed by atoms with Crippen molar-refractivity contribution >= 4 is 5.91 Å².